The van der Waals surface area contributed by atoms with E-state index in [0.717, 1.165) is 16.8 Å². The van der Waals surface area contributed by atoms with E-state index in [-0.39, 0.29) is 6.04 Å². The summed E-state index contributed by atoms with van der Waals surface area (Å²) in [6, 6.07) is 17.3. The summed E-state index contributed by atoms with van der Waals surface area (Å²) in [6.45, 7) is 9.25. The lowest BCUT2D eigenvalue weighted by Crippen LogP contribution is -2.27. The second-order valence-electron chi connectivity index (χ2n) is 9.21. The average Bonchev–Trinajstić information content (AvgIpc) is 2.76. The lowest BCUT2D eigenvalue weighted by Gasteiger charge is -2.20. The highest BCUT2D eigenvalue weighted by Gasteiger charge is 2.18. The van der Waals surface area contributed by atoms with Crippen LogP contribution >= 0.6 is 0 Å². The van der Waals surface area contributed by atoms with Crippen molar-refractivity contribution in [2.45, 2.75) is 46.3 Å². The van der Waals surface area contributed by atoms with Crippen molar-refractivity contribution in [1.29, 1.82) is 0 Å². The van der Waals surface area contributed by atoms with E-state index in [1.54, 1.807) is 19.1 Å². The van der Waals surface area contributed by atoms with Crippen molar-refractivity contribution < 1.29 is 9.53 Å². The van der Waals surface area contributed by atoms with E-state index < -0.39 is 11.7 Å². The first-order chi connectivity index (χ1) is 16.0. The van der Waals surface area contributed by atoms with Gasteiger partial charge in [-0.2, -0.15) is 5.11 Å². The Morgan fingerprint density at radius 2 is 1.74 bits per heavy atom. The van der Waals surface area contributed by atoms with Gasteiger partial charge in [0.1, 0.15) is 11.4 Å². The summed E-state index contributed by atoms with van der Waals surface area (Å²) in [5.41, 5.74) is 3.56. The fraction of sp³-hybridized carbons (Fsp3) is 0.346. The number of nitrogens with one attached hydrogen (secondary N) is 1. The molecular formula is C26H32N6O2. The molecule has 1 unspecified atom stereocenters. The van der Waals surface area contributed by atoms with Crippen molar-refractivity contribution in [2.75, 3.05) is 24.3 Å². The van der Waals surface area contributed by atoms with Crippen molar-refractivity contribution in [2.24, 2.45) is 10.2 Å². The van der Waals surface area contributed by atoms with E-state index in [4.69, 9.17) is 4.74 Å². The lowest BCUT2D eigenvalue weighted by molar-refractivity contribution is 0.0636. The number of aryl methyl sites for hydroxylation is 1. The third-order valence-electron chi connectivity index (χ3n) is 4.89. The van der Waals surface area contributed by atoms with E-state index in [9.17, 15) is 4.79 Å². The Bertz CT molecular complexity index is 1170. The van der Waals surface area contributed by atoms with Crippen LogP contribution in [0, 0.1) is 6.92 Å². The smallest absolute Gasteiger partial charge is 0.412 e. The van der Waals surface area contributed by atoms with Gasteiger partial charge in [-0.1, -0.05) is 30.3 Å². The van der Waals surface area contributed by atoms with Crippen molar-refractivity contribution in [3.63, 3.8) is 0 Å². The van der Waals surface area contributed by atoms with Gasteiger partial charge in [0.15, 0.2) is 5.82 Å². The zero-order valence-corrected chi connectivity index (χ0v) is 20.8. The van der Waals surface area contributed by atoms with E-state index >= 15 is 0 Å². The van der Waals surface area contributed by atoms with Crippen molar-refractivity contribution in [3.05, 3.63) is 66.0 Å². The molecule has 1 aromatic heterocycles. The molecule has 3 aromatic rings. The fourth-order valence-electron chi connectivity index (χ4n) is 3.23. The van der Waals surface area contributed by atoms with Gasteiger partial charge in [-0.15, -0.1) is 5.11 Å². The molecule has 0 spiro atoms. The van der Waals surface area contributed by atoms with Gasteiger partial charge in [-0.05, 0) is 58.4 Å². The summed E-state index contributed by atoms with van der Waals surface area (Å²) in [6.07, 6.45) is -0.528. The summed E-state index contributed by atoms with van der Waals surface area (Å²) in [7, 11) is 4.02. The van der Waals surface area contributed by atoms with Crippen LogP contribution in [0.5, 0.6) is 0 Å². The Kier molecular flexibility index (Phi) is 7.61. The van der Waals surface area contributed by atoms with Gasteiger partial charge in [-0.3, -0.25) is 5.32 Å². The number of azo groups is 1. The fourth-order valence-corrected chi connectivity index (χ4v) is 3.23. The van der Waals surface area contributed by atoms with Crippen molar-refractivity contribution in [3.8, 4) is 11.3 Å². The normalized spacial score (nSPS) is 12.4. The van der Waals surface area contributed by atoms with E-state index in [1.165, 1.54) is 0 Å². The highest BCUT2D eigenvalue weighted by Crippen LogP contribution is 2.30. The maximum absolute atomic E-state index is 12.3. The Hall–Kier alpha value is -3.81. The number of carbonyl (C=O) groups excluding carboxylic acids is 1. The molecule has 178 valence electrons. The van der Waals surface area contributed by atoms with Crippen LogP contribution in [0.15, 0.2) is 64.8 Å². The zero-order chi connectivity index (χ0) is 24.9. The number of para-hydroxylation sites is 1. The molecule has 1 amide bonds. The summed E-state index contributed by atoms with van der Waals surface area (Å²) in [5, 5.41) is 11.6. The lowest BCUT2D eigenvalue weighted by atomic mass is 10.1. The second-order valence-corrected chi connectivity index (χ2v) is 9.21. The molecule has 0 saturated carbocycles. The molecule has 0 fully saturated rings. The molecule has 1 N–H and O–H groups in total. The molecule has 0 aliphatic heterocycles. The number of nitrogens with zero attached hydrogens (tertiary/aromatic N) is 5. The first-order valence-electron chi connectivity index (χ1n) is 11.1. The molecule has 0 radical (unpaired) electrons. The SMILES string of the molecule is Cc1nc(N=NC(C)c2ccc(N(C)C)cc2)cc(-c2ccccc2NC(=O)OC(C)(C)C)n1. The average molecular weight is 461 g/mol. The number of rotatable bonds is 6. The largest absolute Gasteiger partial charge is 0.444 e. The molecular weight excluding hydrogens is 428 g/mol. The molecule has 2 aromatic carbocycles. The quantitative estimate of drug-likeness (QED) is 0.413. The predicted molar refractivity (Wildman–Crippen MR) is 136 cm³/mol. The third kappa shape index (κ3) is 6.84. The second kappa shape index (κ2) is 10.4. The van der Waals surface area contributed by atoms with E-state index in [1.807, 2.05) is 72.1 Å². The van der Waals surface area contributed by atoms with Gasteiger partial charge in [0.2, 0.25) is 0 Å². The Morgan fingerprint density at radius 3 is 2.38 bits per heavy atom. The standard InChI is InChI=1S/C26H32N6O2/c1-17(19-12-14-20(15-13-19)32(6)7)30-31-24-16-23(27-18(2)28-24)21-10-8-9-11-22(21)29-25(33)34-26(3,4)5/h8-17H,1-7H3,(H,29,33). The highest BCUT2D eigenvalue weighted by atomic mass is 16.6. The van der Waals surface area contributed by atoms with Gasteiger partial charge >= 0.3 is 6.09 Å². The maximum Gasteiger partial charge on any atom is 0.412 e. The van der Waals surface area contributed by atoms with Gasteiger partial charge < -0.3 is 9.64 Å². The molecule has 1 heterocycles. The topological polar surface area (TPSA) is 92.1 Å². The molecule has 3 rings (SSSR count). The molecule has 0 bridgehead atoms. The van der Waals surface area contributed by atoms with Crippen LogP contribution in [0.1, 0.15) is 45.1 Å². The molecule has 8 heteroatoms. The van der Waals surface area contributed by atoms with Gasteiger partial charge in [0.25, 0.3) is 0 Å². The van der Waals surface area contributed by atoms with Gasteiger partial charge in [0.05, 0.1) is 17.4 Å². The maximum atomic E-state index is 12.3. The summed E-state index contributed by atoms with van der Waals surface area (Å²) in [5.74, 6) is 1.01. The summed E-state index contributed by atoms with van der Waals surface area (Å²) >= 11 is 0. The molecule has 1 atom stereocenters. The van der Waals surface area contributed by atoms with Crippen LogP contribution in [-0.4, -0.2) is 35.8 Å². The Labute approximate surface area is 201 Å². The highest BCUT2D eigenvalue weighted by molar-refractivity contribution is 5.91. The molecule has 8 nitrogen and oxygen atoms in total. The number of ether oxygens (including phenoxy) is 1. The van der Waals surface area contributed by atoms with E-state index in [2.05, 4.69) is 42.5 Å². The Balaban J connectivity index is 1.83. The van der Waals surface area contributed by atoms with Gasteiger partial charge in [-0.25, -0.2) is 14.8 Å². The van der Waals surface area contributed by atoms with Crippen LogP contribution in [-0.2, 0) is 4.74 Å². The number of amides is 1. The van der Waals surface area contributed by atoms with E-state index in [0.29, 0.717) is 23.0 Å². The number of anilines is 2. The number of carbonyl (C=O) groups is 1. The number of hydrogen-bond acceptors (Lipinski definition) is 7. The van der Waals surface area contributed by atoms with Crippen LogP contribution in [0.2, 0.25) is 0 Å². The Morgan fingerprint density at radius 1 is 1.06 bits per heavy atom. The van der Waals surface area contributed by atoms with Crippen LogP contribution in [0.4, 0.5) is 22.0 Å². The van der Waals surface area contributed by atoms with Crippen molar-refractivity contribution >= 4 is 23.3 Å². The first-order valence-corrected chi connectivity index (χ1v) is 11.1. The third-order valence-corrected chi connectivity index (χ3v) is 4.89. The molecule has 0 aliphatic rings. The molecule has 0 saturated heterocycles. The minimum Gasteiger partial charge on any atom is -0.444 e. The number of aromatic nitrogens is 2. The summed E-state index contributed by atoms with van der Waals surface area (Å²) in [4.78, 5) is 23.3. The summed E-state index contributed by atoms with van der Waals surface area (Å²) < 4.78 is 5.39. The monoisotopic (exact) mass is 460 g/mol. The number of benzene rings is 2. The van der Waals surface area contributed by atoms with Crippen LogP contribution < -0.4 is 10.2 Å². The number of hydrogen-bond donors (Lipinski definition) is 1. The predicted octanol–water partition coefficient (Wildman–Crippen LogP) is 6.71. The first kappa shape index (κ1) is 24.8. The zero-order valence-electron chi connectivity index (χ0n) is 20.8. The van der Waals surface area contributed by atoms with Crippen LogP contribution in [0.3, 0.4) is 0 Å². The van der Waals surface area contributed by atoms with Crippen LogP contribution in [0.25, 0.3) is 11.3 Å². The molecule has 34 heavy (non-hydrogen) atoms. The van der Waals surface area contributed by atoms with Gasteiger partial charge in [0, 0.05) is 31.4 Å². The minimum absolute atomic E-state index is 0.129. The van der Waals surface area contributed by atoms with Crippen molar-refractivity contribution in [1.82, 2.24) is 9.97 Å². The molecule has 0 aliphatic carbocycles. The minimum atomic E-state index is -0.596.